The summed E-state index contributed by atoms with van der Waals surface area (Å²) in [6.07, 6.45) is 0.850. The first-order chi connectivity index (χ1) is 12.5. The van der Waals surface area contributed by atoms with E-state index in [4.69, 9.17) is 16.3 Å². The molecule has 2 aromatic rings. The number of anilines is 1. The van der Waals surface area contributed by atoms with Crippen LogP contribution in [0.1, 0.15) is 12.0 Å². The molecule has 0 N–H and O–H groups in total. The minimum Gasteiger partial charge on any atom is -0.362 e. The Kier molecular flexibility index (Phi) is 4.69. The van der Waals surface area contributed by atoms with E-state index in [-0.39, 0.29) is 23.9 Å². The first-order valence-electron chi connectivity index (χ1n) is 8.70. The summed E-state index contributed by atoms with van der Waals surface area (Å²) in [6, 6.07) is 13.9. The lowest BCUT2D eigenvalue weighted by Gasteiger charge is -2.40. The zero-order chi connectivity index (χ0) is 18.1. The van der Waals surface area contributed by atoms with E-state index in [1.54, 1.807) is 17.0 Å². The Hall–Kier alpha value is -1.95. The van der Waals surface area contributed by atoms with Crippen LogP contribution in [0.4, 0.5) is 10.1 Å². The maximum absolute atomic E-state index is 13.2. The number of hydrogen-bond acceptors (Lipinski definition) is 3. The van der Waals surface area contributed by atoms with Crippen LogP contribution in [0, 0.1) is 5.82 Å². The zero-order valence-corrected chi connectivity index (χ0v) is 15.1. The van der Waals surface area contributed by atoms with Gasteiger partial charge in [0.05, 0.1) is 6.54 Å². The molecule has 0 aromatic heterocycles. The van der Waals surface area contributed by atoms with Crippen LogP contribution in [0.15, 0.2) is 48.5 Å². The molecule has 4 nitrogen and oxygen atoms in total. The molecule has 0 bridgehead atoms. The van der Waals surface area contributed by atoms with Gasteiger partial charge in [0.25, 0.3) is 5.91 Å². The summed E-state index contributed by atoms with van der Waals surface area (Å²) in [5, 5.41) is 0.765. The molecular formula is C20H20ClFN2O2. The van der Waals surface area contributed by atoms with Crippen molar-refractivity contribution in [1.29, 1.82) is 0 Å². The third-order valence-corrected chi connectivity index (χ3v) is 5.50. The maximum atomic E-state index is 13.2. The SMILES string of the molecule is O=C1COC2(CCN(Cc3ccccc3Cl)C2)CN1c1ccc(F)cc1. The highest BCUT2D eigenvalue weighted by Crippen LogP contribution is 2.33. The summed E-state index contributed by atoms with van der Waals surface area (Å²) < 4.78 is 19.2. The smallest absolute Gasteiger partial charge is 0.253 e. The van der Waals surface area contributed by atoms with Gasteiger partial charge in [-0.1, -0.05) is 29.8 Å². The highest BCUT2D eigenvalue weighted by molar-refractivity contribution is 6.31. The van der Waals surface area contributed by atoms with E-state index in [9.17, 15) is 9.18 Å². The Morgan fingerprint density at radius 2 is 1.88 bits per heavy atom. The van der Waals surface area contributed by atoms with E-state index < -0.39 is 0 Å². The maximum Gasteiger partial charge on any atom is 0.253 e. The molecule has 2 fully saturated rings. The lowest BCUT2D eigenvalue weighted by molar-refractivity contribution is -0.137. The lowest BCUT2D eigenvalue weighted by Crippen LogP contribution is -2.56. The number of carbonyl (C=O) groups excluding carboxylic acids is 1. The molecule has 2 saturated heterocycles. The van der Waals surface area contributed by atoms with E-state index in [0.29, 0.717) is 12.2 Å². The average molecular weight is 375 g/mol. The van der Waals surface area contributed by atoms with Gasteiger partial charge in [0, 0.05) is 30.3 Å². The van der Waals surface area contributed by atoms with Crippen LogP contribution >= 0.6 is 11.6 Å². The van der Waals surface area contributed by atoms with Crippen molar-refractivity contribution in [3.05, 3.63) is 64.9 Å². The molecule has 136 valence electrons. The van der Waals surface area contributed by atoms with Gasteiger partial charge in [-0.2, -0.15) is 0 Å². The first-order valence-corrected chi connectivity index (χ1v) is 9.08. The predicted molar refractivity (Wildman–Crippen MR) is 98.8 cm³/mol. The van der Waals surface area contributed by atoms with Gasteiger partial charge in [-0.3, -0.25) is 9.69 Å². The third kappa shape index (κ3) is 3.47. The summed E-state index contributed by atoms with van der Waals surface area (Å²) >= 11 is 6.27. The van der Waals surface area contributed by atoms with Crippen molar-refractivity contribution in [1.82, 2.24) is 4.90 Å². The van der Waals surface area contributed by atoms with Crippen molar-refractivity contribution >= 4 is 23.2 Å². The number of morpholine rings is 1. The third-order valence-electron chi connectivity index (χ3n) is 5.13. The van der Waals surface area contributed by atoms with Gasteiger partial charge in [0.2, 0.25) is 0 Å². The van der Waals surface area contributed by atoms with Crippen molar-refractivity contribution < 1.29 is 13.9 Å². The first kappa shape index (κ1) is 17.5. The number of amides is 1. The summed E-state index contributed by atoms with van der Waals surface area (Å²) in [7, 11) is 0. The topological polar surface area (TPSA) is 32.8 Å². The number of nitrogens with zero attached hydrogens (tertiary/aromatic N) is 2. The van der Waals surface area contributed by atoms with E-state index in [2.05, 4.69) is 4.90 Å². The second kappa shape index (κ2) is 6.99. The standard InChI is InChI=1S/C20H20ClFN2O2/c21-18-4-2-1-3-15(18)11-23-10-9-20(13-23)14-24(19(25)12-26-20)17-7-5-16(22)6-8-17/h1-8H,9-14H2. The number of ether oxygens (including phenoxy) is 1. The van der Waals surface area contributed by atoms with Crippen molar-refractivity contribution in [2.75, 3.05) is 31.1 Å². The molecule has 1 atom stereocenters. The van der Waals surface area contributed by atoms with Crippen LogP contribution in [-0.2, 0) is 16.1 Å². The van der Waals surface area contributed by atoms with Crippen LogP contribution in [0.2, 0.25) is 5.02 Å². The van der Waals surface area contributed by atoms with Gasteiger partial charge in [-0.25, -0.2) is 4.39 Å². The van der Waals surface area contributed by atoms with E-state index >= 15 is 0 Å². The lowest BCUT2D eigenvalue weighted by atomic mass is 10.00. The molecule has 6 heteroatoms. The molecule has 1 unspecified atom stereocenters. The van der Waals surface area contributed by atoms with Crippen LogP contribution in [0.25, 0.3) is 0 Å². The molecule has 26 heavy (non-hydrogen) atoms. The molecular weight excluding hydrogens is 355 g/mol. The summed E-state index contributed by atoms with van der Waals surface area (Å²) in [5.74, 6) is -0.400. The predicted octanol–water partition coefficient (Wildman–Crippen LogP) is 3.49. The molecule has 2 aliphatic rings. The van der Waals surface area contributed by atoms with Crippen LogP contribution < -0.4 is 4.90 Å². The van der Waals surface area contributed by atoms with Gasteiger partial charge >= 0.3 is 0 Å². The number of likely N-dealkylation sites (tertiary alicyclic amines) is 1. The molecule has 2 heterocycles. The van der Waals surface area contributed by atoms with Gasteiger partial charge < -0.3 is 9.64 Å². The Balaban J connectivity index is 1.48. The zero-order valence-electron chi connectivity index (χ0n) is 14.3. The molecule has 2 aromatic carbocycles. The normalized spacial score (nSPS) is 23.8. The summed E-state index contributed by atoms with van der Waals surface area (Å²) in [5.41, 5.74) is 1.42. The van der Waals surface area contributed by atoms with Crippen molar-refractivity contribution in [3.63, 3.8) is 0 Å². The average Bonchev–Trinajstić information content (AvgIpc) is 3.03. The molecule has 0 radical (unpaired) electrons. The number of hydrogen-bond donors (Lipinski definition) is 0. The van der Waals surface area contributed by atoms with E-state index in [1.807, 2.05) is 24.3 Å². The Bertz CT molecular complexity index is 814. The number of halogens is 2. The number of benzene rings is 2. The number of rotatable bonds is 3. The monoisotopic (exact) mass is 374 g/mol. The van der Waals surface area contributed by atoms with Crippen molar-refractivity contribution in [2.24, 2.45) is 0 Å². The second-order valence-electron chi connectivity index (χ2n) is 6.98. The fourth-order valence-electron chi connectivity index (χ4n) is 3.75. The largest absolute Gasteiger partial charge is 0.362 e. The second-order valence-corrected chi connectivity index (χ2v) is 7.39. The minimum absolute atomic E-state index is 0.0529. The Morgan fingerprint density at radius 1 is 1.12 bits per heavy atom. The quantitative estimate of drug-likeness (QED) is 0.824. The van der Waals surface area contributed by atoms with Gasteiger partial charge in [0.1, 0.15) is 18.0 Å². The van der Waals surface area contributed by atoms with Crippen molar-refractivity contribution in [2.45, 2.75) is 18.6 Å². The molecule has 1 spiro atoms. The summed E-state index contributed by atoms with van der Waals surface area (Å²) in [4.78, 5) is 16.3. The highest BCUT2D eigenvalue weighted by atomic mass is 35.5. The summed E-state index contributed by atoms with van der Waals surface area (Å²) in [6.45, 7) is 2.92. The molecule has 0 aliphatic carbocycles. The minimum atomic E-state index is -0.385. The van der Waals surface area contributed by atoms with Gasteiger partial charge in [0.15, 0.2) is 0 Å². The van der Waals surface area contributed by atoms with E-state index in [0.717, 1.165) is 36.6 Å². The van der Waals surface area contributed by atoms with Crippen molar-refractivity contribution in [3.8, 4) is 0 Å². The van der Waals surface area contributed by atoms with Gasteiger partial charge in [-0.05, 0) is 42.3 Å². The fourth-order valence-corrected chi connectivity index (χ4v) is 3.94. The van der Waals surface area contributed by atoms with Crippen LogP contribution in [0.3, 0.4) is 0 Å². The fraction of sp³-hybridized carbons (Fsp3) is 0.350. The molecule has 0 saturated carbocycles. The van der Waals surface area contributed by atoms with Crippen LogP contribution in [-0.4, -0.2) is 42.6 Å². The molecule has 1 amide bonds. The Morgan fingerprint density at radius 3 is 2.65 bits per heavy atom. The van der Waals surface area contributed by atoms with Gasteiger partial charge in [-0.15, -0.1) is 0 Å². The molecule has 2 aliphatic heterocycles. The molecule has 4 rings (SSSR count). The highest BCUT2D eigenvalue weighted by Gasteiger charge is 2.45. The number of carbonyl (C=O) groups is 1. The van der Waals surface area contributed by atoms with E-state index in [1.165, 1.54) is 12.1 Å². The van der Waals surface area contributed by atoms with Crippen LogP contribution in [0.5, 0.6) is 0 Å². The Labute approximate surface area is 157 Å².